The normalized spacial score (nSPS) is 9.25. The van der Waals surface area contributed by atoms with Crippen LogP contribution in [0.15, 0.2) is 12.2 Å². The molecule has 0 radical (unpaired) electrons. The molecule has 5 nitrogen and oxygen atoms in total. The number of nitrogens with one attached hydrogen (secondary N) is 1. The van der Waals surface area contributed by atoms with Gasteiger partial charge in [0, 0.05) is 0 Å². The Bertz CT molecular complexity index is 193. The first-order chi connectivity index (χ1) is 6.97. The maximum atomic E-state index is 9.41. The number of rotatable bonds is 5. The van der Waals surface area contributed by atoms with Crippen molar-refractivity contribution in [2.45, 2.75) is 20.8 Å². The molecule has 0 aromatic heterocycles. The van der Waals surface area contributed by atoms with Gasteiger partial charge in [0.15, 0.2) is 0 Å². The second-order valence-corrected chi connectivity index (χ2v) is 2.78. The minimum absolute atomic E-state index is 0. The first-order valence-corrected chi connectivity index (χ1v) is 4.91. The van der Waals surface area contributed by atoms with Gasteiger partial charge < -0.3 is 24.7 Å². The largest absolute Gasteiger partial charge is 1.00 e. The van der Waals surface area contributed by atoms with Crippen LogP contribution in [0.25, 0.3) is 0 Å². The third-order valence-electron chi connectivity index (χ3n) is 1.86. The molecule has 0 fully saturated rings. The quantitative estimate of drug-likeness (QED) is 0.391. The van der Waals surface area contributed by atoms with Gasteiger partial charge in [0.05, 0.1) is 31.6 Å². The maximum absolute atomic E-state index is 9.41. The second-order valence-electron chi connectivity index (χ2n) is 2.78. The van der Waals surface area contributed by atoms with E-state index in [0.29, 0.717) is 12.2 Å². The van der Waals surface area contributed by atoms with Crippen LogP contribution in [0.2, 0.25) is 0 Å². The molecule has 0 aromatic carbocycles. The molecule has 0 spiro atoms. The molecule has 6 heteroatoms. The molecule has 88 valence electrons. The van der Waals surface area contributed by atoms with E-state index in [9.17, 15) is 19.8 Å². The fraction of sp³-hybridized carbons (Fsp3) is 0.600. The molecule has 0 aromatic rings. The maximum Gasteiger partial charge on any atom is 1.00 e. The zero-order valence-corrected chi connectivity index (χ0v) is 13.5. The summed E-state index contributed by atoms with van der Waals surface area (Å²) >= 11 is 0. The first-order valence-electron chi connectivity index (χ1n) is 4.91. The Hall–Kier alpha value is 0.276. The summed E-state index contributed by atoms with van der Waals surface area (Å²) in [4.78, 5) is 20.5. The molecule has 16 heavy (non-hydrogen) atoms. The topological polar surface area (TPSA) is 84.7 Å². The Morgan fingerprint density at radius 1 is 0.938 bits per heavy atom. The van der Waals surface area contributed by atoms with Gasteiger partial charge in [-0.1, -0.05) is 0 Å². The molecule has 0 aliphatic heterocycles. The zero-order valence-electron chi connectivity index (χ0n) is 10.4. The summed E-state index contributed by atoms with van der Waals surface area (Å²) < 4.78 is 0. The van der Waals surface area contributed by atoms with Gasteiger partial charge in [0.2, 0.25) is 0 Å². The van der Waals surface area contributed by atoms with E-state index < -0.39 is 11.9 Å². The van der Waals surface area contributed by atoms with Crippen molar-refractivity contribution in [2.24, 2.45) is 0 Å². The molecule has 0 amide bonds. The van der Waals surface area contributed by atoms with E-state index in [0.717, 1.165) is 0 Å². The summed E-state index contributed by atoms with van der Waals surface area (Å²) in [6, 6.07) is 0. The molecular weight excluding hydrogens is 237 g/mol. The number of hydrogen-bond acceptors (Lipinski definition) is 4. The van der Waals surface area contributed by atoms with Crippen molar-refractivity contribution < 1.29 is 76.1 Å². The predicted molar refractivity (Wildman–Crippen MR) is 51.7 cm³/mol. The minimum atomic E-state index is -1.55. The first kappa shape index (κ1) is 21.5. The predicted octanol–water partition coefficient (Wildman–Crippen LogP) is -6.02. The van der Waals surface area contributed by atoms with Crippen LogP contribution < -0.4 is 66.5 Å². The summed E-state index contributed by atoms with van der Waals surface area (Å²) in [6.07, 6.45) is 0.769. The van der Waals surface area contributed by atoms with Gasteiger partial charge >= 0.3 is 51.4 Å². The van der Waals surface area contributed by atoms with Gasteiger partial charge in [-0.05, 0) is 32.9 Å². The average molecular weight is 255 g/mol. The number of carboxylic acid groups (broad SMARTS) is 2. The van der Waals surface area contributed by atoms with E-state index in [4.69, 9.17) is 0 Å². The molecule has 0 aliphatic carbocycles. The van der Waals surface area contributed by atoms with Crippen molar-refractivity contribution in [1.82, 2.24) is 0 Å². The van der Waals surface area contributed by atoms with Crippen LogP contribution in [0, 0.1) is 0 Å². The van der Waals surface area contributed by atoms with Crippen LogP contribution in [0.5, 0.6) is 0 Å². The van der Waals surface area contributed by atoms with E-state index in [-0.39, 0.29) is 51.4 Å². The second kappa shape index (κ2) is 15.3. The summed E-state index contributed by atoms with van der Waals surface area (Å²) in [5, 5.41) is 18.8. The van der Waals surface area contributed by atoms with Crippen LogP contribution in [-0.2, 0) is 9.59 Å². The van der Waals surface area contributed by atoms with Crippen LogP contribution in [-0.4, -0.2) is 31.6 Å². The molecule has 0 unspecified atom stereocenters. The van der Waals surface area contributed by atoms with E-state index in [1.165, 1.54) is 19.6 Å². The van der Waals surface area contributed by atoms with Crippen molar-refractivity contribution in [2.75, 3.05) is 19.6 Å². The number of hydrogen-bond donors (Lipinski definition) is 1. The van der Waals surface area contributed by atoms with E-state index in [1.54, 1.807) is 4.90 Å². The van der Waals surface area contributed by atoms with Gasteiger partial charge in [0.1, 0.15) is 0 Å². The average Bonchev–Trinajstić information content (AvgIpc) is 2.18. The Balaban J connectivity index is -0.000000200. The molecule has 0 rings (SSSR count). The Kier molecular flexibility index (Phi) is 20.6. The number of quaternary nitrogens is 1. The summed E-state index contributed by atoms with van der Waals surface area (Å²) in [6.45, 7) is 10.5. The van der Waals surface area contributed by atoms with Crippen molar-refractivity contribution in [3.63, 3.8) is 0 Å². The molecule has 0 saturated carbocycles. The standard InChI is InChI=1S/C6H15N.C4H4O4.K/c1-4-7(5-2)6-3;5-3(6)1-2-4(7)8;/h4-6H2,1-3H3;1-2H,(H,5,6)(H,7,8);/q;;+1/p-1/b;2-1+;. The number of aliphatic carboxylic acids is 2. The monoisotopic (exact) mass is 255 g/mol. The van der Waals surface area contributed by atoms with Gasteiger partial charge in [-0.2, -0.15) is 0 Å². The van der Waals surface area contributed by atoms with Crippen molar-refractivity contribution in [3.8, 4) is 0 Å². The van der Waals surface area contributed by atoms with Gasteiger partial charge in [-0.15, -0.1) is 0 Å². The van der Waals surface area contributed by atoms with E-state index in [1.807, 2.05) is 0 Å². The fourth-order valence-corrected chi connectivity index (χ4v) is 0.886. The van der Waals surface area contributed by atoms with Gasteiger partial charge in [-0.3, -0.25) is 0 Å². The number of carbonyl (C=O) groups is 2. The Morgan fingerprint density at radius 3 is 1.25 bits per heavy atom. The van der Waals surface area contributed by atoms with E-state index in [2.05, 4.69) is 20.8 Å². The van der Waals surface area contributed by atoms with Crippen LogP contribution in [0.3, 0.4) is 0 Å². The molecule has 0 saturated heterocycles. The zero-order chi connectivity index (χ0) is 12.3. The molecule has 0 aliphatic rings. The van der Waals surface area contributed by atoms with Crippen molar-refractivity contribution in [1.29, 1.82) is 0 Å². The van der Waals surface area contributed by atoms with Crippen LogP contribution in [0.1, 0.15) is 20.8 Å². The summed E-state index contributed by atoms with van der Waals surface area (Å²) in [5.41, 5.74) is 0. The Labute approximate surface area is 139 Å². The smallest absolute Gasteiger partial charge is 0.545 e. The fourth-order valence-electron chi connectivity index (χ4n) is 0.886. The third kappa shape index (κ3) is 19.8. The van der Waals surface area contributed by atoms with E-state index >= 15 is 0 Å². The molecular formula is C10H18KNO4. The van der Waals surface area contributed by atoms with Crippen LogP contribution in [0.4, 0.5) is 0 Å². The van der Waals surface area contributed by atoms with Crippen molar-refractivity contribution >= 4 is 11.9 Å². The SMILES string of the molecule is CC[NH+](CC)CC.O=C([O-])/C=C/C(=O)[O-].[K+]. The number of carboxylic acids is 2. The Morgan fingerprint density at radius 2 is 1.19 bits per heavy atom. The van der Waals surface area contributed by atoms with Gasteiger partial charge in [0.25, 0.3) is 0 Å². The van der Waals surface area contributed by atoms with Crippen molar-refractivity contribution in [3.05, 3.63) is 12.2 Å². The third-order valence-corrected chi connectivity index (χ3v) is 1.86. The molecule has 0 heterocycles. The molecule has 0 atom stereocenters. The minimum Gasteiger partial charge on any atom is -0.545 e. The molecule has 1 N–H and O–H groups in total. The molecule has 0 bridgehead atoms. The number of carbonyl (C=O) groups excluding carboxylic acids is 2. The van der Waals surface area contributed by atoms with Crippen LogP contribution >= 0.6 is 0 Å². The summed E-state index contributed by atoms with van der Waals surface area (Å²) in [5.74, 6) is -3.09. The van der Waals surface area contributed by atoms with Gasteiger partial charge in [-0.25, -0.2) is 0 Å². The summed E-state index contributed by atoms with van der Waals surface area (Å²) in [7, 11) is 0.